The average Bonchev–Trinajstić information content (AvgIpc) is 2.93. The zero-order valence-electron chi connectivity index (χ0n) is 25.3. The van der Waals surface area contributed by atoms with Crippen LogP contribution in [-0.2, 0) is 12.3 Å². The van der Waals surface area contributed by atoms with Crippen molar-refractivity contribution in [2.24, 2.45) is 0 Å². The minimum absolute atomic E-state index is 0.125. The molecule has 2 heterocycles. The Kier molecular flexibility index (Phi) is 9.53. The number of hydrogen-bond donors (Lipinski definition) is 1. The lowest BCUT2D eigenvalue weighted by atomic mass is 9.79. The number of benzene rings is 1. The van der Waals surface area contributed by atoms with E-state index in [-0.39, 0.29) is 34.6 Å². The minimum Gasteiger partial charge on any atom is -0.395 e. The van der Waals surface area contributed by atoms with Gasteiger partial charge in [-0.05, 0) is 72.4 Å². The normalized spacial score (nSPS) is 17.7. The molecular formula is C34H43F3N4O. The first-order valence-electron chi connectivity index (χ1n) is 15.0. The van der Waals surface area contributed by atoms with Crippen molar-refractivity contribution >= 4 is 17.3 Å². The number of alkyl halides is 2. The van der Waals surface area contributed by atoms with Gasteiger partial charge in [0.15, 0.2) is 5.82 Å². The summed E-state index contributed by atoms with van der Waals surface area (Å²) in [5.41, 5.74) is 10.8. The lowest BCUT2D eigenvalue weighted by molar-refractivity contribution is 0.0117. The summed E-state index contributed by atoms with van der Waals surface area (Å²) in [5, 5.41) is 0. The molecule has 2 N–H and O–H groups in total. The Hall–Kier alpha value is -3.55. The van der Waals surface area contributed by atoms with Crippen molar-refractivity contribution in [3.63, 3.8) is 0 Å². The van der Waals surface area contributed by atoms with E-state index in [1.807, 2.05) is 24.1 Å². The summed E-state index contributed by atoms with van der Waals surface area (Å²) in [7, 11) is 1.88. The maximum atomic E-state index is 15.5. The molecule has 1 atom stereocenters. The molecule has 1 aliphatic heterocycles. The zero-order chi connectivity index (χ0) is 30.8. The molecule has 1 saturated carbocycles. The van der Waals surface area contributed by atoms with Crippen LogP contribution < -0.4 is 10.6 Å². The third-order valence-corrected chi connectivity index (χ3v) is 8.70. The first-order valence-corrected chi connectivity index (χ1v) is 15.0. The number of hydrogen-bond acceptors (Lipinski definition) is 4. The molecule has 1 aromatic carbocycles. The first kappa shape index (κ1) is 31.4. The molecule has 1 unspecified atom stereocenters. The van der Waals surface area contributed by atoms with Gasteiger partial charge in [-0.25, -0.2) is 4.39 Å². The van der Waals surface area contributed by atoms with E-state index in [9.17, 15) is 13.6 Å². The van der Waals surface area contributed by atoms with Crippen LogP contribution in [0.2, 0.25) is 0 Å². The Morgan fingerprint density at radius 1 is 1.29 bits per heavy atom. The fourth-order valence-corrected chi connectivity index (χ4v) is 6.27. The number of carbonyl (C=O) groups excluding carboxylic acids is 1. The molecule has 1 fully saturated rings. The Balaban J connectivity index is 1.76. The molecular weight excluding hydrogens is 537 g/mol. The lowest BCUT2D eigenvalue weighted by Gasteiger charge is -2.42. The van der Waals surface area contributed by atoms with Crippen LogP contribution in [0.3, 0.4) is 0 Å². The van der Waals surface area contributed by atoms with E-state index in [0.29, 0.717) is 49.0 Å². The van der Waals surface area contributed by atoms with Gasteiger partial charge in [-0.1, -0.05) is 45.4 Å². The van der Waals surface area contributed by atoms with E-state index in [2.05, 4.69) is 25.1 Å². The van der Waals surface area contributed by atoms with Gasteiger partial charge < -0.3 is 15.5 Å². The van der Waals surface area contributed by atoms with Gasteiger partial charge in [-0.3, -0.25) is 9.78 Å². The Bertz CT molecular complexity index is 1390. The maximum Gasteiger partial charge on any atom is 0.287 e. The van der Waals surface area contributed by atoms with Gasteiger partial charge in [-0.15, -0.1) is 6.58 Å². The summed E-state index contributed by atoms with van der Waals surface area (Å²) in [6, 6.07) is 4.89. The predicted molar refractivity (Wildman–Crippen MR) is 164 cm³/mol. The average molecular weight is 581 g/mol. The summed E-state index contributed by atoms with van der Waals surface area (Å²) in [5.74, 6) is -3.52. The van der Waals surface area contributed by atoms with Crippen molar-refractivity contribution < 1.29 is 18.0 Å². The smallest absolute Gasteiger partial charge is 0.287 e. The van der Waals surface area contributed by atoms with Crippen LogP contribution in [0.15, 0.2) is 60.5 Å². The van der Waals surface area contributed by atoms with Crippen LogP contribution in [-0.4, -0.2) is 35.4 Å². The van der Waals surface area contributed by atoms with Gasteiger partial charge in [0.1, 0.15) is 5.69 Å². The van der Waals surface area contributed by atoms with Gasteiger partial charge >= 0.3 is 0 Å². The fourth-order valence-electron chi connectivity index (χ4n) is 6.27. The number of halogens is 3. The van der Waals surface area contributed by atoms with Crippen LogP contribution >= 0.6 is 0 Å². The summed E-state index contributed by atoms with van der Waals surface area (Å²) in [6.07, 6.45) is 8.92. The van der Waals surface area contributed by atoms with Gasteiger partial charge in [0.2, 0.25) is 0 Å². The van der Waals surface area contributed by atoms with Crippen LogP contribution in [0.1, 0.15) is 98.8 Å². The molecule has 8 heteroatoms. The molecule has 1 aliphatic carbocycles. The monoisotopic (exact) mass is 580 g/mol. The van der Waals surface area contributed by atoms with Gasteiger partial charge in [0.05, 0.1) is 23.0 Å². The van der Waals surface area contributed by atoms with Gasteiger partial charge in [-0.2, -0.15) is 8.78 Å². The van der Waals surface area contributed by atoms with E-state index < -0.39 is 12.0 Å². The molecule has 5 nitrogen and oxygen atoms in total. The highest BCUT2D eigenvalue weighted by Crippen LogP contribution is 2.43. The summed E-state index contributed by atoms with van der Waals surface area (Å²) in [4.78, 5) is 21.7. The second-order valence-corrected chi connectivity index (χ2v) is 11.6. The number of carbonyl (C=O) groups is 1. The molecule has 0 spiro atoms. The number of aryl methyl sites for hydroxylation is 1. The second-order valence-electron chi connectivity index (χ2n) is 11.6. The van der Waals surface area contributed by atoms with Crippen molar-refractivity contribution in [3.05, 3.63) is 88.7 Å². The van der Waals surface area contributed by atoms with Crippen LogP contribution in [0, 0.1) is 5.82 Å². The third-order valence-electron chi connectivity index (χ3n) is 8.70. The number of anilines is 2. The predicted octanol–water partition coefficient (Wildman–Crippen LogP) is 8.28. The number of nitrogen functional groups attached to an aromatic ring is 1. The summed E-state index contributed by atoms with van der Waals surface area (Å²) < 4.78 is 43.7. The van der Waals surface area contributed by atoms with E-state index in [4.69, 9.17) is 5.73 Å². The number of aromatic nitrogens is 1. The van der Waals surface area contributed by atoms with Crippen LogP contribution in [0.4, 0.5) is 24.5 Å². The largest absolute Gasteiger partial charge is 0.395 e. The SMILES string of the molecule is C=CCC1C(C(=C)CCC)=C(N(C)c2ccc(C3CCC3)c(F)c2N)CCN1C(=O)c1cnc(C(C)(F)F)c(CC)c1. The lowest BCUT2D eigenvalue weighted by Crippen LogP contribution is -2.47. The number of pyridine rings is 1. The molecule has 226 valence electrons. The third kappa shape index (κ3) is 5.99. The van der Waals surface area contributed by atoms with Crippen molar-refractivity contribution in [1.29, 1.82) is 0 Å². The number of nitrogens with zero attached hydrogens (tertiary/aromatic N) is 3. The van der Waals surface area contributed by atoms with Crippen molar-refractivity contribution in [2.45, 2.75) is 90.0 Å². The maximum absolute atomic E-state index is 15.5. The second kappa shape index (κ2) is 12.8. The van der Waals surface area contributed by atoms with Crippen LogP contribution in [0.25, 0.3) is 0 Å². The highest BCUT2D eigenvalue weighted by molar-refractivity contribution is 5.95. The topological polar surface area (TPSA) is 62.5 Å². The first-order chi connectivity index (χ1) is 19.9. The molecule has 4 rings (SSSR count). The Morgan fingerprint density at radius 2 is 2.00 bits per heavy atom. The highest BCUT2D eigenvalue weighted by atomic mass is 19.3. The molecule has 42 heavy (non-hydrogen) atoms. The van der Waals surface area contributed by atoms with Gasteiger partial charge in [0, 0.05) is 38.8 Å². The molecule has 2 aliphatic rings. The van der Waals surface area contributed by atoms with Crippen LogP contribution in [0.5, 0.6) is 0 Å². The van der Waals surface area contributed by atoms with E-state index in [0.717, 1.165) is 49.5 Å². The Morgan fingerprint density at radius 3 is 2.57 bits per heavy atom. The Labute approximate surface area is 248 Å². The highest BCUT2D eigenvalue weighted by Gasteiger charge is 2.37. The standard InChI is InChI=1S/C34H43F3N4O/c1-7-11-21(4)29-26(40(6)28-16-15-25(23-13-10-14-23)30(35)31(28)38)17-18-41(27(29)12-8-2)33(42)24-19-22(9-3)32(39-20-24)34(5,36)37/h8,15-16,19-20,23,27H,2,4,7,9-14,17-18,38H2,1,3,5-6H3. The quantitative estimate of drug-likeness (QED) is 0.215. The van der Waals surface area contributed by atoms with Crippen molar-refractivity contribution in [1.82, 2.24) is 9.88 Å². The molecule has 0 saturated heterocycles. The number of rotatable bonds is 11. The molecule has 1 amide bonds. The zero-order valence-corrected chi connectivity index (χ0v) is 25.3. The number of nitrogens with two attached hydrogens (primary N) is 1. The number of amides is 1. The fraction of sp³-hybridized carbons (Fsp3) is 0.471. The molecule has 2 aromatic rings. The van der Waals surface area contributed by atoms with E-state index >= 15 is 4.39 Å². The van der Waals surface area contributed by atoms with Gasteiger partial charge in [0.25, 0.3) is 11.8 Å². The molecule has 1 aromatic heterocycles. The summed E-state index contributed by atoms with van der Waals surface area (Å²) >= 11 is 0. The van der Waals surface area contributed by atoms with Crippen molar-refractivity contribution in [3.8, 4) is 0 Å². The van der Waals surface area contributed by atoms with E-state index in [1.54, 1.807) is 17.9 Å². The molecule has 0 radical (unpaired) electrons. The van der Waals surface area contributed by atoms with E-state index in [1.165, 1.54) is 12.3 Å². The molecule has 0 bridgehead atoms. The van der Waals surface area contributed by atoms with Crippen molar-refractivity contribution in [2.75, 3.05) is 24.2 Å². The summed E-state index contributed by atoms with van der Waals surface area (Å²) in [6.45, 7) is 13.4. The minimum atomic E-state index is -3.10.